The van der Waals surface area contributed by atoms with E-state index in [9.17, 15) is 4.39 Å². The molecule has 1 N–H and O–H groups in total. The van der Waals surface area contributed by atoms with Crippen LogP contribution in [0.25, 0.3) is 22.5 Å². The molecule has 1 saturated carbocycles. The summed E-state index contributed by atoms with van der Waals surface area (Å²) in [7, 11) is 0. The van der Waals surface area contributed by atoms with Gasteiger partial charge in [0, 0.05) is 23.4 Å². The zero-order chi connectivity index (χ0) is 18.6. The van der Waals surface area contributed by atoms with Crippen molar-refractivity contribution in [2.24, 2.45) is 0 Å². The maximum absolute atomic E-state index is 13.3. The highest BCUT2D eigenvalue weighted by atomic mass is 32.2. The number of hydrogen-bond acceptors (Lipinski definition) is 4. The third-order valence-corrected chi connectivity index (χ3v) is 5.44. The smallest absolute Gasteiger partial charge is 0.214 e. The van der Waals surface area contributed by atoms with Gasteiger partial charge in [-0.25, -0.2) is 14.4 Å². The zero-order valence-electron chi connectivity index (χ0n) is 15.2. The molecule has 0 aliphatic heterocycles. The van der Waals surface area contributed by atoms with Crippen LogP contribution in [0.15, 0.2) is 47.8 Å². The molecule has 140 valence electrons. The molecular formula is C21H22FN3OS. The molecular weight excluding hydrogens is 361 g/mol. The summed E-state index contributed by atoms with van der Waals surface area (Å²) < 4.78 is 19.4. The van der Waals surface area contributed by atoms with Crippen molar-refractivity contribution in [2.75, 3.05) is 6.26 Å². The summed E-state index contributed by atoms with van der Waals surface area (Å²) in [4.78, 5) is 12.4. The summed E-state index contributed by atoms with van der Waals surface area (Å²) in [6.07, 6.45) is 9.89. The predicted molar refractivity (Wildman–Crippen MR) is 106 cm³/mol. The topological polar surface area (TPSA) is 50.8 Å². The van der Waals surface area contributed by atoms with Crippen LogP contribution in [0.5, 0.6) is 5.88 Å². The van der Waals surface area contributed by atoms with E-state index in [1.54, 1.807) is 30.1 Å². The highest BCUT2D eigenvalue weighted by Crippen LogP contribution is 2.33. The number of nitrogens with zero attached hydrogens (tertiary/aromatic N) is 2. The van der Waals surface area contributed by atoms with Gasteiger partial charge in [-0.2, -0.15) is 0 Å². The van der Waals surface area contributed by atoms with E-state index in [4.69, 9.17) is 9.72 Å². The number of imidazole rings is 1. The molecule has 0 amide bonds. The van der Waals surface area contributed by atoms with Crippen molar-refractivity contribution in [2.45, 2.75) is 43.4 Å². The molecule has 27 heavy (non-hydrogen) atoms. The van der Waals surface area contributed by atoms with Gasteiger partial charge in [-0.1, -0.05) is 18.2 Å². The standard InChI is InChI=1S/C21H22FN3OS/c1-27-21-24-19(14-7-9-16(22)10-8-14)20(25-21)15-11-12-23-18(13-15)26-17-5-3-2-4-6-17/h7-13,17H,2-6H2,1H3,(H,24,25). The van der Waals surface area contributed by atoms with Crippen LogP contribution in [0, 0.1) is 5.82 Å². The monoisotopic (exact) mass is 383 g/mol. The Hall–Kier alpha value is -2.34. The first-order chi connectivity index (χ1) is 13.2. The number of benzene rings is 1. The number of H-pyrrole nitrogens is 1. The quantitative estimate of drug-likeness (QED) is 0.573. The first-order valence-corrected chi connectivity index (χ1v) is 10.5. The second kappa shape index (κ2) is 8.13. The van der Waals surface area contributed by atoms with Gasteiger partial charge in [0.1, 0.15) is 11.9 Å². The fraction of sp³-hybridized carbons (Fsp3) is 0.333. The van der Waals surface area contributed by atoms with Gasteiger partial charge >= 0.3 is 0 Å². The maximum Gasteiger partial charge on any atom is 0.214 e. The Bertz CT molecular complexity index is 904. The highest BCUT2D eigenvalue weighted by molar-refractivity contribution is 7.98. The Kier molecular flexibility index (Phi) is 5.43. The third kappa shape index (κ3) is 4.16. The molecule has 2 heterocycles. The number of aromatic amines is 1. The van der Waals surface area contributed by atoms with Gasteiger partial charge in [0.2, 0.25) is 5.88 Å². The average Bonchev–Trinajstić information content (AvgIpc) is 3.14. The number of halogens is 1. The normalized spacial score (nSPS) is 15.0. The summed E-state index contributed by atoms with van der Waals surface area (Å²) >= 11 is 1.54. The number of pyridine rings is 1. The van der Waals surface area contributed by atoms with Gasteiger partial charge in [-0.3, -0.25) is 0 Å². The fourth-order valence-electron chi connectivity index (χ4n) is 3.46. The lowest BCUT2D eigenvalue weighted by Crippen LogP contribution is -2.20. The van der Waals surface area contributed by atoms with E-state index in [1.807, 2.05) is 18.4 Å². The van der Waals surface area contributed by atoms with Crippen LogP contribution in [0.2, 0.25) is 0 Å². The third-order valence-electron chi connectivity index (χ3n) is 4.86. The van der Waals surface area contributed by atoms with Crippen molar-refractivity contribution in [3.05, 3.63) is 48.4 Å². The lowest BCUT2D eigenvalue weighted by atomic mass is 9.98. The van der Waals surface area contributed by atoms with Crippen LogP contribution in [-0.4, -0.2) is 27.3 Å². The number of ether oxygens (including phenoxy) is 1. The lowest BCUT2D eigenvalue weighted by Gasteiger charge is -2.22. The first-order valence-electron chi connectivity index (χ1n) is 9.26. The Morgan fingerprint density at radius 2 is 1.85 bits per heavy atom. The summed E-state index contributed by atoms with van der Waals surface area (Å²) in [6.45, 7) is 0. The summed E-state index contributed by atoms with van der Waals surface area (Å²) in [5.41, 5.74) is 3.52. The Labute approximate surface area is 162 Å². The van der Waals surface area contributed by atoms with Crippen molar-refractivity contribution >= 4 is 11.8 Å². The predicted octanol–water partition coefficient (Wildman–Crippen LogP) is 5.71. The van der Waals surface area contributed by atoms with E-state index in [-0.39, 0.29) is 11.9 Å². The minimum absolute atomic E-state index is 0.249. The molecule has 6 heteroatoms. The SMILES string of the molecule is CSc1nc(-c2ccnc(OC3CCCCC3)c2)c(-c2ccc(F)cc2)[nH]1. The molecule has 2 aromatic heterocycles. The minimum atomic E-state index is -0.253. The molecule has 1 aliphatic rings. The molecule has 0 atom stereocenters. The fourth-order valence-corrected chi connectivity index (χ4v) is 3.84. The van der Waals surface area contributed by atoms with E-state index < -0.39 is 0 Å². The summed E-state index contributed by atoms with van der Waals surface area (Å²) in [5.74, 6) is 0.384. The number of nitrogens with one attached hydrogen (secondary N) is 1. The number of thioether (sulfide) groups is 1. The lowest BCUT2D eigenvalue weighted by molar-refractivity contribution is 0.149. The van der Waals surface area contributed by atoms with Crippen molar-refractivity contribution in [1.29, 1.82) is 0 Å². The molecule has 0 spiro atoms. The Morgan fingerprint density at radius 3 is 2.59 bits per heavy atom. The maximum atomic E-state index is 13.3. The summed E-state index contributed by atoms with van der Waals surface area (Å²) in [6, 6.07) is 10.3. The van der Waals surface area contributed by atoms with Crippen molar-refractivity contribution < 1.29 is 9.13 Å². The van der Waals surface area contributed by atoms with Gasteiger partial charge in [-0.15, -0.1) is 0 Å². The van der Waals surface area contributed by atoms with Crippen molar-refractivity contribution in [3.63, 3.8) is 0 Å². The van der Waals surface area contributed by atoms with Gasteiger partial charge in [0.25, 0.3) is 0 Å². The van der Waals surface area contributed by atoms with E-state index in [0.717, 1.165) is 40.5 Å². The Morgan fingerprint density at radius 1 is 1.07 bits per heavy atom. The van der Waals surface area contributed by atoms with Crippen LogP contribution < -0.4 is 4.74 Å². The largest absolute Gasteiger partial charge is 0.474 e. The summed E-state index contributed by atoms with van der Waals surface area (Å²) in [5, 5.41) is 0.816. The molecule has 4 rings (SSSR count). The van der Waals surface area contributed by atoms with Gasteiger partial charge < -0.3 is 9.72 Å². The van der Waals surface area contributed by atoms with Crippen LogP contribution >= 0.6 is 11.8 Å². The molecule has 1 aromatic carbocycles. The number of rotatable bonds is 5. The molecule has 0 radical (unpaired) electrons. The molecule has 3 aromatic rings. The molecule has 4 nitrogen and oxygen atoms in total. The van der Waals surface area contributed by atoms with Crippen molar-refractivity contribution in [1.82, 2.24) is 15.0 Å². The van der Waals surface area contributed by atoms with E-state index in [1.165, 1.54) is 31.4 Å². The van der Waals surface area contributed by atoms with E-state index in [2.05, 4.69) is 9.97 Å². The van der Waals surface area contributed by atoms with Gasteiger partial charge in [0.15, 0.2) is 5.16 Å². The van der Waals surface area contributed by atoms with E-state index >= 15 is 0 Å². The molecule has 1 fully saturated rings. The van der Waals surface area contributed by atoms with E-state index in [0.29, 0.717) is 5.88 Å². The first kappa shape index (κ1) is 18.0. The number of aromatic nitrogens is 3. The minimum Gasteiger partial charge on any atom is -0.474 e. The second-order valence-electron chi connectivity index (χ2n) is 6.74. The zero-order valence-corrected chi connectivity index (χ0v) is 16.1. The van der Waals surface area contributed by atoms with Crippen molar-refractivity contribution in [3.8, 4) is 28.4 Å². The van der Waals surface area contributed by atoms with Gasteiger partial charge in [-0.05, 0) is 62.3 Å². The van der Waals surface area contributed by atoms with Crippen LogP contribution in [0.4, 0.5) is 4.39 Å². The van der Waals surface area contributed by atoms with Crippen LogP contribution in [0.1, 0.15) is 32.1 Å². The highest BCUT2D eigenvalue weighted by Gasteiger charge is 2.18. The van der Waals surface area contributed by atoms with Crippen LogP contribution in [0.3, 0.4) is 0 Å². The Balaban J connectivity index is 1.67. The molecule has 0 unspecified atom stereocenters. The molecule has 1 aliphatic carbocycles. The van der Waals surface area contributed by atoms with Gasteiger partial charge in [0.05, 0.1) is 11.4 Å². The second-order valence-corrected chi connectivity index (χ2v) is 7.53. The molecule has 0 bridgehead atoms. The average molecular weight is 383 g/mol. The molecule has 0 saturated heterocycles. The van der Waals surface area contributed by atoms with Crippen LogP contribution in [-0.2, 0) is 0 Å². The number of hydrogen-bond donors (Lipinski definition) is 1.